The number of ketones is 1. The Bertz CT molecular complexity index is 457. The van der Waals surface area contributed by atoms with Crippen molar-refractivity contribution in [3.8, 4) is 11.8 Å². The zero-order chi connectivity index (χ0) is 16.3. The average molecular weight is 296 g/mol. The Labute approximate surface area is 124 Å². The standard InChI is InChI=1S/C15H20O6/c1-5-9-15(12(3)16,13(17)20-6-2)10-7-8-11-21-14(18)19-4/h5H,1,6,9-11H2,2-4H3. The molecule has 116 valence electrons. The van der Waals surface area contributed by atoms with Gasteiger partial charge in [0.2, 0.25) is 0 Å². The fourth-order valence-corrected chi connectivity index (χ4v) is 1.57. The molecule has 0 fully saturated rings. The van der Waals surface area contributed by atoms with Crippen LogP contribution in [-0.4, -0.2) is 38.2 Å². The molecule has 21 heavy (non-hydrogen) atoms. The Morgan fingerprint density at radius 2 is 1.90 bits per heavy atom. The third-order valence-electron chi connectivity index (χ3n) is 2.78. The first kappa shape index (κ1) is 18.7. The van der Waals surface area contributed by atoms with Crippen molar-refractivity contribution in [2.45, 2.75) is 26.7 Å². The molecule has 0 rings (SSSR count). The van der Waals surface area contributed by atoms with Gasteiger partial charge in [0.25, 0.3) is 0 Å². The molecule has 0 N–H and O–H groups in total. The highest BCUT2D eigenvalue weighted by Crippen LogP contribution is 2.30. The molecule has 0 aliphatic carbocycles. The summed E-state index contributed by atoms with van der Waals surface area (Å²) in [5.74, 6) is 4.24. The quantitative estimate of drug-likeness (QED) is 0.309. The van der Waals surface area contributed by atoms with Crippen LogP contribution in [0.2, 0.25) is 0 Å². The molecular weight excluding hydrogens is 276 g/mol. The summed E-state index contributed by atoms with van der Waals surface area (Å²) in [5, 5.41) is 0. The van der Waals surface area contributed by atoms with Crippen molar-refractivity contribution in [1.29, 1.82) is 0 Å². The fourth-order valence-electron chi connectivity index (χ4n) is 1.57. The van der Waals surface area contributed by atoms with E-state index >= 15 is 0 Å². The largest absolute Gasteiger partial charge is 0.508 e. The van der Waals surface area contributed by atoms with E-state index in [9.17, 15) is 14.4 Å². The van der Waals surface area contributed by atoms with E-state index in [2.05, 4.69) is 27.9 Å². The topological polar surface area (TPSA) is 78.9 Å². The van der Waals surface area contributed by atoms with E-state index in [1.165, 1.54) is 20.1 Å². The van der Waals surface area contributed by atoms with Gasteiger partial charge in [-0.25, -0.2) is 4.79 Å². The number of methoxy groups -OCH3 is 1. The van der Waals surface area contributed by atoms with Crippen molar-refractivity contribution in [2.24, 2.45) is 5.41 Å². The van der Waals surface area contributed by atoms with Gasteiger partial charge in [-0.3, -0.25) is 9.59 Å². The number of carbonyl (C=O) groups is 3. The lowest BCUT2D eigenvalue weighted by atomic mass is 9.78. The number of carbonyl (C=O) groups excluding carboxylic acids is 3. The summed E-state index contributed by atoms with van der Waals surface area (Å²) < 4.78 is 13.8. The van der Waals surface area contributed by atoms with Crippen LogP contribution in [0.15, 0.2) is 12.7 Å². The van der Waals surface area contributed by atoms with Gasteiger partial charge in [-0.2, -0.15) is 0 Å². The van der Waals surface area contributed by atoms with Gasteiger partial charge >= 0.3 is 12.1 Å². The molecule has 1 unspecified atom stereocenters. The normalized spacial score (nSPS) is 12.1. The molecule has 0 amide bonds. The maximum absolute atomic E-state index is 12.1. The predicted octanol–water partition coefficient (Wildman–Crippen LogP) is 1.88. The van der Waals surface area contributed by atoms with E-state index < -0.39 is 17.5 Å². The molecule has 0 aliphatic rings. The number of rotatable bonds is 7. The van der Waals surface area contributed by atoms with E-state index in [0.717, 1.165) is 0 Å². The van der Waals surface area contributed by atoms with Crippen molar-refractivity contribution in [2.75, 3.05) is 20.3 Å². The van der Waals surface area contributed by atoms with Crippen LogP contribution >= 0.6 is 0 Å². The van der Waals surface area contributed by atoms with E-state index in [4.69, 9.17) is 4.74 Å². The number of hydrogen-bond donors (Lipinski definition) is 0. The van der Waals surface area contributed by atoms with Crippen LogP contribution in [0.25, 0.3) is 0 Å². The van der Waals surface area contributed by atoms with Crippen LogP contribution in [0, 0.1) is 17.3 Å². The van der Waals surface area contributed by atoms with Crippen LogP contribution in [0.5, 0.6) is 0 Å². The molecule has 6 heteroatoms. The molecule has 0 saturated carbocycles. The number of Topliss-reactive ketones (excluding diaryl/α,β-unsaturated/α-hetero) is 1. The van der Waals surface area contributed by atoms with Gasteiger partial charge in [-0.1, -0.05) is 17.9 Å². The molecular formula is C15H20O6. The number of ether oxygens (including phenoxy) is 3. The lowest BCUT2D eigenvalue weighted by Gasteiger charge is -2.25. The van der Waals surface area contributed by atoms with Gasteiger partial charge < -0.3 is 14.2 Å². The van der Waals surface area contributed by atoms with Gasteiger partial charge in [0.05, 0.1) is 13.7 Å². The van der Waals surface area contributed by atoms with E-state index in [0.29, 0.717) is 0 Å². The summed E-state index contributed by atoms with van der Waals surface area (Å²) in [6, 6.07) is 0. The first-order valence-corrected chi connectivity index (χ1v) is 6.40. The maximum Gasteiger partial charge on any atom is 0.508 e. The van der Waals surface area contributed by atoms with Gasteiger partial charge in [0.15, 0.2) is 6.61 Å². The molecule has 0 aromatic carbocycles. The first-order valence-electron chi connectivity index (χ1n) is 6.40. The Kier molecular flexibility index (Phi) is 8.54. The zero-order valence-corrected chi connectivity index (χ0v) is 12.6. The van der Waals surface area contributed by atoms with Crippen molar-refractivity contribution in [3.63, 3.8) is 0 Å². The van der Waals surface area contributed by atoms with Crippen molar-refractivity contribution >= 4 is 17.9 Å². The molecule has 0 spiro atoms. The highest BCUT2D eigenvalue weighted by molar-refractivity contribution is 6.03. The Morgan fingerprint density at radius 1 is 1.24 bits per heavy atom. The second-order valence-electron chi connectivity index (χ2n) is 4.12. The van der Waals surface area contributed by atoms with E-state index in [1.807, 2.05) is 0 Å². The summed E-state index contributed by atoms with van der Waals surface area (Å²) in [4.78, 5) is 34.6. The van der Waals surface area contributed by atoms with Crippen molar-refractivity contribution < 1.29 is 28.6 Å². The fraction of sp³-hybridized carbons (Fsp3) is 0.533. The Balaban J connectivity index is 4.94. The van der Waals surface area contributed by atoms with Gasteiger partial charge in [-0.05, 0) is 20.3 Å². The third-order valence-corrected chi connectivity index (χ3v) is 2.78. The predicted molar refractivity (Wildman–Crippen MR) is 75.3 cm³/mol. The lowest BCUT2D eigenvalue weighted by molar-refractivity contribution is -0.159. The molecule has 1 atom stereocenters. The Morgan fingerprint density at radius 3 is 2.38 bits per heavy atom. The monoisotopic (exact) mass is 296 g/mol. The van der Waals surface area contributed by atoms with Gasteiger partial charge in [0, 0.05) is 6.42 Å². The SMILES string of the molecule is C=CCC(CC#CCOC(=O)OC)(C(C)=O)C(=O)OCC. The van der Waals surface area contributed by atoms with Gasteiger partial charge in [0.1, 0.15) is 11.2 Å². The lowest BCUT2D eigenvalue weighted by Crippen LogP contribution is -2.39. The smallest absolute Gasteiger partial charge is 0.465 e. The van der Waals surface area contributed by atoms with Crippen LogP contribution in [-0.2, 0) is 23.8 Å². The van der Waals surface area contributed by atoms with Crippen LogP contribution in [0.4, 0.5) is 4.79 Å². The Hall–Kier alpha value is -2.29. The minimum Gasteiger partial charge on any atom is -0.465 e. The highest BCUT2D eigenvalue weighted by atomic mass is 16.7. The minimum atomic E-state index is -1.37. The summed E-state index contributed by atoms with van der Waals surface area (Å²) in [6.07, 6.45) is 0.731. The maximum atomic E-state index is 12.1. The van der Waals surface area contributed by atoms with Crippen LogP contribution < -0.4 is 0 Å². The van der Waals surface area contributed by atoms with Crippen molar-refractivity contribution in [1.82, 2.24) is 0 Å². The summed E-state index contributed by atoms with van der Waals surface area (Å²) in [6.45, 7) is 6.51. The molecule has 6 nitrogen and oxygen atoms in total. The first-order chi connectivity index (χ1) is 9.94. The summed E-state index contributed by atoms with van der Waals surface area (Å²) >= 11 is 0. The highest BCUT2D eigenvalue weighted by Gasteiger charge is 2.43. The van der Waals surface area contributed by atoms with E-state index in [-0.39, 0.29) is 31.8 Å². The molecule has 0 bridgehead atoms. The van der Waals surface area contributed by atoms with Crippen LogP contribution in [0.3, 0.4) is 0 Å². The minimum absolute atomic E-state index is 0.0300. The molecule has 0 radical (unpaired) electrons. The molecule has 0 aromatic rings. The number of esters is 1. The second kappa shape index (κ2) is 9.59. The van der Waals surface area contributed by atoms with E-state index in [1.54, 1.807) is 6.92 Å². The van der Waals surface area contributed by atoms with Gasteiger partial charge in [-0.15, -0.1) is 6.58 Å². The summed E-state index contributed by atoms with van der Waals surface area (Å²) in [7, 11) is 1.18. The molecule has 0 saturated heterocycles. The van der Waals surface area contributed by atoms with Crippen molar-refractivity contribution in [3.05, 3.63) is 12.7 Å². The zero-order valence-electron chi connectivity index (χ0n) is 12.6. The second-order valence-corrected chi connectivity index (χ2v) is 4.12. The number of hydrogen-bond acceptors (Lipinski definition) is 6. The molecule has 0 aliphatic heterocycles. The third kappa shape index (κ3) is 5.69. The average Bonchev–Trinajstić information content (AvgIpc) is 2.45. The molecule has 0 aromatic heterocycles. The number of allylic oxidation sites excluding steroid dienone is 1. The van der Waals surface area contributed by atoms with Crippen LogP contribution in [0.1, 0.15) is 26.7 Å². The molecule has 0 heterocycles. The summed E-state index contributed by atoms with van der Waals surface area (Å²) in [5.41, 5.74) is -1.37.